The molecule has 0 heterocycles. The smallest absolute Gasteiger partial charge is 0.264 e. The first-order valence-electron chi connectivity index (χ1n) is 15.1. The number of carbonyl (C=O) groups excluding carboxylic acids is 2. The Labute approximate surface area is 275 Å². The van der Waals surface area contributed by atoms with Crippen LogP contribution in [0.3, 0.4) is 0 Å². The molecule has 4 aromatic rings. The van der Waals surface area contributed by atoms with Crippen LogP contribution < -0.4 is 9.62 Å². The first-order chi connectivity index (χ1) is 21.6. The Morgan fingerprint density at radius 1 is 0.822 bits per heavy atom. The van der Waals surface area contributed by atoms with E-state index in [1.165, 1.54) is 17.0 Å². The lowest BCUT2D eigenvalue weighted by Gasteiger charge is -2.34. The molecule has 236 valence electrons. The molecule has 1 atom stereocenters. The summed E-state index contributed by atoms with van der Waals surface area (Å²) in [4.78, 5) is 29.8. The van der Waals surface area contributed by atoms with Crippen molar-refractivity contribution in [1.29, 1.82) is 0 Å². The number of anilines is 1. The Hall–Kier alpha value is -3.95. The van der Waals surface area contributed by atoms with Gasteiger partial charge < -0.3 is 10.2 Å². The first kappa shape index (κ1) is 33.9. The Morgan fingerprint density at radius 2 is 1.44 bits per heavy atom. The lowest BCUT2D eigenvalue weighted by molar-refractivity contribution is -0.140. The lowest BCUT2D eigenvalue weighted by Crippen LogP contribution is -2.53. The molecule has 0 unspecified atom stereocenters. The van der Waals surface area contributed by atoms with Gasteiger partial charge in [0.15, 0.2) is 0 Å². The summed E-state index contributed by atoms with van der Waals surface area (Å²) >= 11 is 3.51. The second-order valence-electron chi connectivity index (χ2n) is 11.2. The maximum Gasteiger partial charge on any atom is 0.264 e. The molecule has 0 aromatic heterocycles. The summed E-state index contributed by atoms with van der Waals surface area (Å²) in [6.07, 6.45) is 1.00. The fraction of sp³-hybridized carbons (Fsp3) is 0.278. The maximum atomic E-state index is 14.5. The highest BCUT2D eigenvalue weighted by atomic mass is 79.9. The van der Waals surface area contributed by atoms with Gasteiger partial charge in [0.1, 0.15) is 12.6 Å². The van der Waals surface area contributed by atoms with Crippen molar-refractivity contribution in [1.82, 2.24) is 10.2 Å². The second kappa shape index (κ2) is 15.9. The number of amides is 2. The molecular weight excluding hydrogens is 650 g/mol. The van der Waals surface area contributed by atoms with Gasteiger partial charge in [0, 0.05) is 24.0 Å². The van der Waals surface area contributed by atoms with Gasteiger partial charge in [-0.25, -0.2) is 8.42 Å². The molecule has 1 N–H and O–H groups in total. The SMILES string of the molecule is CCCNC(=O)[C@H](Cc1ccccc1)N(Cc1cccc(Br)c1)C(=O)CN(c1ccc(C(C)C)cc1)S(=O)(=O)c1ccccc1. The number of nitrogens with one attached hydrogen (secondary N) is 1. The molecule has 0 saturated carbocycles. The number of nitrogens with zero attached hydrogens (tertiary/aromatic N) is 2. The van der Waals surface area contributed by atoms with E-state index < -0.39 is 28.5 Å². The van der Waals surface area contributed by atoms with Gasteiger partial charge in [-0.2, -0.15) is 0 Å². The number of hydrogen-bond donors (Lipinski definition) is 1. The van der Waals surface area contributed by atoms with Gasteiger partial charge in [-0.05, 0) is 65.4 Å². The third kappa shape index (κ3) is 9.05. The zero-order valence-corrected chi connectivity index (χ0v) is 28.3. The van der Waals surface area contributed by atoms with Crippen LogP contribution in [-0.4, -0.2) is 44.3 Å². The van der Waals surface area contributed by atoms with Crippen molar-refractivity contribution in [2.75, 3.05) is 17.4 Å². The van der Waals surface area contributed by atoms with E-state index in [1.807, 2.05) is 73.7 Å². The minimum atomic E-state index is -4.14. The molecule has 45 heavy (non-hydrogen) atoms. The van der Waals surface area contributed by atoms with Crippen LogP contribution in [0.4, 0.5) is 5.69 Å². The molecule has 4 aromatic carbocycles. The molecule has 0 fully saturated rings. The molecule has 0 aliphatic rings. The molecule has 0 radical (unpaired) electrons. The summed E-state index contributed by atoms with van der Waals surface area (Å²) in [6.45, 7) is 6.17. The molecular formula is C36H40BrN3O4S. The molecule has 0 aliphatic carbocycles. The summed E-state index contributed by atoms with van der Waals surface area (Å²) in [6, 6.07) is 31.5. The summed E-state index contributed by atoms with van der Waals surface area (Å²) < 4.78 is 30.2. The van der Waals surface area contributed by atoms with Crippen molar-refractivity contribution in [2.45, 2.75) is 57.0 Å². The van der Waals surface area contributed by atoms with Crippen molar-refractivity contribution < 1.29 is 18.0 Å². The summed E-state index contributed by atoms with van der Waals surface area (Å²) in [5.41, 5.74) is 3.11. The van der Waals surface area contributed by atoms with Crippen molar-refractivity contribution in [3.05, 3.63) is 130 Å². The van der Waals surface area contributed by atoms with Crippen LogP contribution in [0.15, 0.2) is 119 Å². The number of sulfonamides is 1. The zero-order valence-electron chi connectivity index (χ0n) is 25.9. The minimum absolute atomic E-state index is 0.0748. The standard InChI is InChI=1S/C36H40BrN3O4S/c1-4-22-38-36(42)34(24-28-12-7-5-8-13-28)39(25-29-14-11-15-31(37)23-29)35(41)26-40(32-20-18-30(19-21-32)27(2)3)45(43,44)33-16-9-6-10-17-33/h5-21,23,27,34H,4,22,24-26H2,1-3H3,(H,38,42)/t34-/m0/s1. The van der Waals surface area contributed by atoms with Gasteiger partial charge in [0.05, 0.1) is 10.6 Å². The topological polar surface area (TPSA) is 86.8 Å². The number of halogens is 1. The Morgan fingerprint density at radius 3 is 2.04 bits per heavy atom. The Balaban J connectivity index is 1.79. The molecule has 0 bridgehead atoms. The largest absolute Gasteiger partial charge is 0.354 e. The van der Waals surface area contributed by atoms with Crippen molar-refractivity contribution in [3.8, 4) is 0 Å². The van der Waals surface area contributed by atoms with Crippen LogP contribution in [0.25, 0.3) is 0 Å². The fourth-order valence-electron chi connectivity index (χ4n) is 5.03. The highest BCUT2D eigenvalue weighted by molar-refractivity contribution is 9.10. The highest BCUT2D eigenvalue weighted by Gasteiger charge is 2.34. The third-order valence-corrected chi connectivity index (χ3v) is 9.80. The first-order valence-corrected chi connectivity index (χ1v) is 17.4. The van der Waals surface area contributed by atoms with E-state index in [4.69, 9.17) is 0 Å². The molecule has 4 rings (SSSR count). The number of hydrogen-bond acceptors (Lipinski definition) is 4. The number of benzene rings is 4. The maximum absolute atomic E-state index is 14.5. The molecule has 7 nitrogen and oxygen atoms in total. The Bertz CT molecular complexity index is 1660. The molecule has 2 amide bonds. The van der Waals surface area contributed by atoms with E-state index in [0.717, 1.165) is 31.9 Å². The van der Waals surface area contributed by atoms with E-state index in [9.17, 15) is 18.0 Å². The van der Waals surface area contributed by atoms with Crippen molar-refractivity contribution in [3.63, 3.8) is 0 Å². The lowest BCUT2D eigenvalue weighted by atomic mass is 10.0. The third-order valence-electron chi connectivity index (χ3n) is 7.52. The number of rotatable bonds is 14. The zero-order chi connectivity index (χ0) is 32.4. The quantitative estimate of drug-likeness (QED) is 0.156. The molecule has 0 aliphatic heterocycles. The van der Waals surface area contributed by atoms with E-state index >= 15 is 0 Å². The van der Waals surface area contributed by atoms with Gasteiger partial charge in [-0.15, -0.1) is 0 Å². The van der Waals surface area contributed by atoms with Crippen molar-refractivity contribution >= 4 is 43.5 Å². The van der Waals surface area contributed by atoms with Crippen LogP contribution >= 0.6 is 15.9 Å². The molecule has 0 spiro atoms. The van der Waals surface area contributed by atoms with Gasteiger partial charge in [0.2, 0.25) is 11.8 Å². The average Bonchev–Trinajstić information content (AvgIpc) is 3.05. The highest BCUT2D eigenvalue weighted by Crippen LogP contribution is 2.27. The monoisotopic (exact) mass is 689 g/mol. The van der Waals surface area contributed by atoms with Crippen LogP contribution in [0, 0.1) is 0 Å². The van der Waals surface area contributed by atoms with Crippen LogP contribution in [0.5, 0.6) is 0 Å². The van der Waals surface area contributed by atoms with Crippen molar-refractivity contribution in [2.24, 2.45) is 0 Å². The van der Waals surface area contributed by atoms with Gasteiger partial charge in [-0.3, -0.25) is 13.9 Å². The molecule has 9 heteroatoms. The second-order valence-corrected chi connectivity index (χ2v) is 14.0. The molecule has 0 saturated heterocycles. The summed E-state index contributed by atoms with van der Waals surface area (Å²) in [5, 5.41) is 2.97. The van der Waals surface area contributed by atoms with E-state index in [2.05, 4.69) is 35.1 Å². The van der Waals surface area contributed by atoms with E-state index in [0.29, 0.717) is 12.2 Å². The summed E-state index contributed by atoms with van der Waals surface area (Å²) in [5.74, 6) is -0.529. The Kier molecular flexibility index (Phi) is 12.0. The van der Waals surface area contributed by atoms with E-state index in [1.54, 1.807) is 30.3 Å². The van der Waals surface area contributed by atoms with Gasteiger partial charge in [-0.1, -0.05) is 109 Å². The predicted molar refractivity (Wildman–Crippen MR) is 183 cm³/mol. The minimum Gasteiger partial charge on any atom is -0.354 e. The normalized spacial score (nSPS) is 12.0. The van der Waals surface area contributed by atoms with Crippen LogP contribution in [-0.2, 0) is 32.6 Å². The van der Waals surface area contributed by atoms with E-state index in [-0.39, 0.29) is 29.7 Å². The summed E-state index contributed by atoms with van der Waals surface area (Å²) in [7, 11) is -4.14. The van der Waals surface area contributed by atoms with Gasteiger partial charge in [0.25, 0.3) is 10.0 Å². The number of carbonyl (C=O) groups is 2. The van der Waals surface area contributed by atoms with Crippen LogP contribution in [0.2, 0.25) is 0 Å². The predicted octanol–water partition coefficient (Wildman–Crippen LogP) is 6.93. The fourth-order valence-corrected chi connectivity index (χ4v) is 6.91. The van der Waals surface area contributed by atoms with Crippen LogP contribution in [0.1, 0.15) is 49.8 Å². The van der Waals surface area contributed by atoms with Gasteiger partial charge >= 0.3 is 0 Å². The average molecular weight is 691 g/mol.